The van der Waals surface area contributed by atoms with Crippen LogP contribution in [0.4, 0.5) is 0 Å². The highest BCUT2D eigenvalue weighted by Crippen LogP contribution is 2.09. The fraction of sp³-hybridized carbons (Fsp3) is 0.600. The Morgan fingerprint density at radius 3 is 2.20 bits per heavy atom. The SMILES string of the molecule is CCCNC.O=S1(=O)CCN(Cc2ccccc2)CC1. The highest BCUT2D eigenvalue weighted by molar-refractivity contribution is 7.91. The van der Waals surface area contributed by atoms with Gasteiger partial charge in [-0.1, -0.05) is 37.3 Å². The molecule has 1 aromatic rings. The number of nitrogens with one attached hydrogen (secondary N) is 1. The topological polar surface area (TPSA) is 49.4 Å². The highest BCUT2D eigenvalue weighted by Gasteiger charge is 2.21. The van der Waals surface area contributed by atoms with Gasteiger partial charge in [0.1, 0.15) is 0 Å². The van der Waals surface area contributed by atoms with Crippen LogP contribution in [0.25, 0.3) is 0 Å². The highest BCUT2D eigenvalue weighted by atomic mass is 32.2. The van der Waals surface area contributed by atoms with Crippen molar-refractivity contribution in [2.24, 2.45) is 0 Å². The molecule has 5 heteroatoms. The van der Waals surface area contributed by atoms with Crippen molar-refractivity contribution in [3.63, 3.8) is 0 Å². The first-order chi connectivity index (χ1) is 9.57. The zero-order valence-electron chi connectivity index (χ0n) is 12.5. The summed E-state index contributed by atoms with van der Waals surface area (Å²) in [5, 5.41) is 3.02. The van der Waals surface area contributed by atoms with Gasteiger partial charge < -0.3 is 5.32 Å². The lowest BCUT2D eigenvalue weighted by molar-refractivity contribution is 0.287. The van der Waals surface area contributed by atoms with Crippen molar-refractivity contribution in [2.45, 2.75) is 19.9 Å². The Morgan fingerprint density at radius 2 is 1.75 bits per heavy atom. The van der Waals surface area contributed by atoms with Crippen molar-refractivity contribution < 1.29 is 8.42 Å². The quantitative estimate of drug-likeness (QED) is 0.916. The minimum atomic E-state index is -2.75. The minimum Gasteiger partial charge on any atom is -0.320 e. The third-order valence-electron chi connectivity index (χ3n) is 3.19. The monoisotopic (exact) mass is 298 g/mol. The first kappa shape index (κ1) is 17.1. The van der Waals surface area contributed by atoms with Crippen LogP contribution in [0.15, 0.2) is 30.3 Å². The van der Waals surface area contributed by atoms with Gasteiger partial charge in [-0.15, -0.1) is 0 Å². The molecule has 0 radical (unpaired) electrons. The van der Waals surface area contributed by atoms with E-state index < -0.39 is 9.84 Å². The molecule has 1 aliphatic rings. The van der Waals surface area contributed by atoms with Crippen LogP contribution in [0.3, 0.4) is 0 Å². The molecule has 20 heavy (non-hydrogen) atoms. The molecule has 0 bridgehead atoms. The van der Waals surface area contributed by atoms with E-state index in [-0.39, 0.29) is 0 Å². The Bertz CT molecular complexity index is 444. The third kappa shape index (κ3) is 7.03. The maximum Gasteiger partial charge on any atom is 0.152 e. The molecular formula is C15H26N2O2S. The Morgan fingerprint density at radius 1 is 1.15 bits per heavy atom. The van der Waals surface area contributed by atoms with Gasteiger partial charge in [-0.3, -0.25) is 4.90 Å². The van der Waals surface area contributed by atoms with Crippen LogP contribution in [0.2, 0.25) is 0 Å². The zero-order chi connectivity index (χ0) is 14.8. The molecule has 0 aromatic heterocycles. The first-order valence-corrected chi connectivity index (χ1v) is 9.01. The van der Waals surface area contributed by atoms with Crippen LogP contribution in [0.1, 0.15) is 18.9 Å². The van der Waals surface area contributed by atoms with E-state index in [1.165, 1.54) is 12.0 Å². The smallest absolute Gasteiger partial charge is 0.152 e. The molecule has 1 heterocycles. The molecular weight excluding hydrogens is 272 g/mol. The summed E-state index contributed by atoms with van der Waals surface area (Å²) in [6.45, 7) is 5.47. The van der Waals surface area contributed by atoms with Gasteiger partial charge in [0.2, 0.25) is 0 Å². The van der Waals surface area contributed by atoms with E-state index in [9.17, 15) is 8.42 Å². The number of sulfone groups is 1. The molecule has 2 rings (SSSR count). The second kappa shape index (κ2) is 9.10. The lowest BCUT2D eigenvalue weighted by atomic mass is 10.2. The second-order valence-electron chi connectivity index (χ2n) is 5.02. The Balaban J connectivity index is 0.000000347. The predicted octanol–water partition coefficient (Wildman–Crippen LogP) is 1.53. The summed E-state index contributed by atoms with van der Waals surface area (Å²) in [6.07, 6.45) is 1.23. The van der Waals surface area contributed by atoms with Crippen LogP contribution >= 0.6 is 0 Å². The van der Waals surface area contributed by atoms with Crippen LogP contribution in [0.5, 0.6) is 0 Å². The van der Waals surface area contributed by atoms with Gasteiger partial charge >= 0.3 is 0 Å². The van der Waals surface area contributed by atoms with E-state index in [4.69, 9.17) is 0 Å². The van der Waals surface area contributed by atoms with Gasteiger partial charge in [0, 0.05) is 19.6 Å². The van der Waals surface area contributed by atoms with Crippen LogP contribution < -0.4 is 5.32 Å². The maximum absolute atomic E-state index is 11.2. The normalized spacial score (nSPS) is 18.1. The van der Waals surface area contributed by atoms with Crippen molar-refractivity contribution in [3.8, 4) is 0 Å². The number of benzene rings is 1. The predicted molar refractivity (Wildman–Crippen MR) is 84.6 cm³/mol. The molecule has 4 nitrogen and oxygen atoms in total. The number of hydrogen-bond acceptors (Lipinski definition) is 4. The standard InChI is InChI=1S/C11H15NO2S.C4H11N/c13-15(14)8-6-12(7-9-15)10-11-4-2-1-3-5-11;1-3-4-5-2/h1-5H,6-10H2;5H,3-4H2,1-2H3. The average Bonchev–Trinajstić information content (AvgIpc) is 2.44. The van der Waals surface area contributed by atoms with Gasteiger partial charge in [0.15, 0.2) is 9.84 Å². The molecule has 1 fully saturated rings. The van der Waals surface area contributed by atoms with Crippen LogP contribution in [0, 0.1) is 0 Å². The minimum absolute atomic E-state index is 0.305. The summed E-state index contributed by atoms with van der Waals surface area (Å²) in [5.74, 6) is 0.611. The first-order valence-electron chi connectivity index (χ1n) is 7.18. The molecule has 0 saturated carbocycles. The lowest BCUT2D eigenvalue weighted by Gasteiger charge is -2.26. The Hall–Kier alpha value is -0.910. The van der Waals surface area contributed by atoms with E-state index in [0.29, 0.717) is 24.6 Å². The van der Waals surface area contributed by atoms with E-state index in [2.05, 4.69) is 29.3 Å². The van der Waals surface area contributed by atoms with Gasteiger partial charge in [0.05, 0.1) is 11.5 Å². The van der Waals surface area contributed by atoms with Crippen molar-refractivity contribution >= 4 is 9.84 Å². The Labute approximate surface area is 123 Å². The molecule has 0 spiro atoms. The van der Waals surface area contributed by atoms with Crippen LogP contribution in [-0.4, -0.2) is 51.5 Å². The summed E-state index contributed by atoms with van der Waals surface area (Å²) in [4.78, 5) is 2.19. The zero-order valence-corrected chi connectivity index (χ0v) is 13.3. The van der Waals surface area contributed by atoms with E-state index in [1.807, 2.05) is 25.2 Å². The van der Waals surface area contributed by atoms with Crippen molar-refractivity contribution in [2.75, 3.05) is 38.2 Å². The largest absolute Gasteiger partial charge is 0.320 e. The maximum atomic E-state index is 11.2. The second-order valence-corrected chi connectivity index (χ2v) is 7.32. The van der Waals surface area contributed by atoms with Gasteiger partial charge in [-0.25, -0.2) is 8.42 Å². The van der Waals surface area contributed by atoms with Gasteiger partial charge in [0.25, 0.3) is 0 Å². The molecule has 114 valence electrons. The van der Waals surface area contributed by atoms with E-state index in [0.717, 1.165) is 13.1 Å². The fourth-order valence-corrected chi connectivity index (χ4v) is 3.28. The summed E-state index contributed by atoms with van der Waals surface area (Å²) in [7, 11) is -0.788. The summed E-state index contributed by atoms with van der Waals surface area (Å²) < 4.78 is 22.4. The average molecular weight is 298 g/mol. The lowest BCUT2D eigenvalue weighted by Crippen LogP contribution is -2.39. The molecule has 1 aromatic carbocycles. The van der Waals surface area contributed by atoms with Gasteiger partial charge in [-0.05, 0) is 25.6 Å². The Kier molecular flexibility index (Phi) is 7.80. The fourth-order valence-electron chi connectivity index (χ4n) is 2.00. The van der Waals surface area contributed by atoms with E-state index in [1.54, 1.807) is 0 Å². The number of rotatable bonds is 4. The third-order valence-corrected chi connectivity index (χ3v) is 4.80. The van der Waals surface area contributed by atoms with Crippen molar-refractivity contribution in [1.29, 1.82) is 0 Å². The van der Waals surface area contributed by atoms with E-state index >= 15 is 0 Å². The molecule has 1 aliphatic heterocycles. The number of hydrogen-bond donors (Lipinski definition) is 1. The van der Waals surface area contributed by atoms with Crippen molar-refractivity contribution in [3.05, 3.63) is 35.9 Å². The summed E-state index contributed by atoms with van der Waals surface area (Å²) in [6, 6.07) is 10.2. The summed E-state index contributed by atoms with van der Waals surface area (Å²) in [5.41, 5.74) is 1.25. The molecule has 0 atom stereocenters. The van der Waals surface area contributed by atoms with Crippen molar-refractivity contribution in [1.82, 2.24) is 10.2 Å². The molecule has 0 amide bonds. The van der Waals surface area contributed by atoms with Gasteiger partial charge in [-0.2, -0.15) is 0 Å². The molecule has 1 N–H and O–H groups in total. The molecule has 0 unspecified atom stereocenters. The number of nitrogens with zero attached hydrogens (tertiary/aromatic N) is 1. The van der Waals surface area contributed by atoms with Crippen LogP contribution in [-0.2, 0) is 16.4 Å². The molecule has 0 aliphatic carbocycles. The summed E-state index contributed by atoms with van der Waals surface area (Å²) >= 11 is 0. The molecule has 1 saturated heterocycles.